The van der Waals surface area contributed by atoms with E-state index in [1.165, 1.54) is 7.05 Å². The minimum Gasteiger partial charge on any atom is -0.494 e. The standard InChI is InChI=1S/C19H21N5O5S/c1-4-28-13-7-5-12(6-8-13)21-15(25)10-30-19-23-22-16(29-19)9-14-11(2)20-18(27)24(3)17(14)26/h5-8,14H,4,9-10H2,1-3H3,(H,21,25). The number of ether oxygens (including phenoxy) is 1. The molecule has 2 aromatic rings. The van der Waals surface area contributed by atoms with Gasteiger partial charge in [0.05, 0.1) is 18.3 Å². The molecular formula is C19H21N5O5S. The fourth-order valence-corrected chi connectivity index (χ4v) is 3.31. The van der Waals surface area contributed by atoms with Crippen molar-refractivity contribution in [1.29, 1.82) is 0 Å². The van der Waals surface area contributed by atoms with Gasteiger partial charge in [-0.1, -0.05) is 11.8 Å². The quantitative estimate of drug-likeness (QED) is 0.631. The molecule has 1 N–H and O–H groups in total. The summed E-state index contributed by atoms with van der Waals surface area (Å²) < 4.78 is 10.9. The highest BCUT2D eigenvalue weighted by molar-refractivity contribution is 7.99. The molecule has 0 fully saturated rings. The minimum atomic E-state index is -0.631. The number of nitrogens with one attached hydrogen (secondary N) is 1. The Kier molecular flexibility index (Phi) is 6.83. The van der Waals surface area contributed by atoms with Gasteiger partial charge in [-0.05, 0) is 38.1 Å². The zero-order chi connectivity index (χ0) is 21.7. The molecule has 1 aliphatic rings. The molecule has 0 aliphatic carbocycles. The Bertz CT molecular complexity index is 972. The molecule has 0 saturated heterocycles. The van der Waals surface area contributed by atoms with Gasteiger partial charge in [0.15, 0.2) is 0 Å². The second kappa shape index (κ2) is 9.53. The number of rotatable bonds is 8. The van der Waals surface area contributed by atoms with Crippen LogP contribution in [0, 0.1) is 5.92 Å². The van der Waals surface area contributed by atoms with Crippen molar-refractivity contribution < 1.29 is 23.5 Å². The molecule has 158 valence electrons. The molecule has 10 nitrogen and oxygen atoms in total. The molecule has 1 aromatic carbocycles. The van der Waals surface area contributed by atoms with Crippen LogP contribution in [0.25, 0.3) is 0 Å². The number of anilines is 1. The van der Waals surface area contributed by atoms with Crippen molar-refractivity contribution in [3.63, 3.8) is 0 Å². The van der Waals surface area contributed by atoms with Gasteiger partial charge in [0.2, 0.25) is 17.7 Å². The highest BCUT2D eigenvalue weighted by atomic mass is 32.2. The molecule has 0 bridgehead atoms. The average Bonchev–Trinajstić information content (AvgIpc) is 3.17. The third kappa shape index (κ3) is 5.23. The summed E-state index contributed by atoms with van der Waals surface area (Å²) in [7, 11) is 1.38. The van der Waals surface area contributed by atoms with Crippen molar-refractivity contribution in [3.8, 4) is 5.75 Å². The lowest BCUT2D eigenvalue weighted by atomic mass is 9.97. The lowest BCUT2D eigenvalue weighted by Crippen LogP contribution is -2.44. The number of imide groups is 1. The Labute approximate surface area is 177 Å². The van der Waals surface area contributed by atoms with Crippen LogP contribution < -0.4 is 10.1 Å². The summed E-state index contributed by atoms with van der Waals surface area (Å²) in [6, 6.07) is 6.48. The topological polar surface area (TPSA) is 127 Å². The molecule has 30 heavy (non-hydrogen) atoms. The maximum atomic E-state index is 12.3. The first-order valence-electron chi connectivity index (χ1n) is 9.22. The molecule has 1 atom stereocenters. The van der Waals surface area contributed by atoms with Gasteiger partial charge in [-0.25, -0.2) is 9.79 Å². The number of amides is 4. The van der Waals surface area contributed by atoms with Crippen LogP contribution in [0.5, 0.6) is 5.75 Å². The summed E-state index contributed by atoms with van der Waals surface area (Å²) in [4.78, 5) is 40.8. The highest BCUT2D eigenvalue weighted by Gasteiger charge is 2.34. The molecule has 0 spiro atoms. The van der Waals surface area contributed by atoms with Gasteiger partial charge in [0, 0.05) is 24.9 Å². The summed E-state index contributed by atoms with van der Waals surface area (Å²) in [5.41, 5.74) is 1.06. The van der Waals surface area contributed by atoms with Crippen molar-refractivity contribution in [2.24, 2.45) is 10.9 Å². The Morgan fingerprint density at radius 3 is 2.70 bits per heavy atom. The van der Waals surface area contributed by atoms with Gasteiger partial charge in [0.1, 0.15) is 5.75 Å². The van der Waals surface area contributed by atoms with Crippen LogP contribution >= 0.6 is 11.8 Å². The van der Waals surface area contributed by atoms with E-state index < -0.39 is 11.9 Å². The lowest BCUT2D eigenvalue weighted by Gasteiger charge is -2.24. The molecule has 1 aliphatic heterocycles. The number of benzene rings is 1. The van der Waals surface area contributed by atoms with Crippen molar-refractivity contribution in [2.75, 3.05) is 24.7 Å². The van der Waals surface area contributed by atoms with E-state index in [0.29, 0.717) is 18.0 Å². The van der Waals surface area contributed by atoms with Crippen molar-refractivity contribution in [2.45, 2.75) is 25.5 Å². The first-order valence-corrected chi connectivity index (χ1v) is 10.2. The van der Waals surface area contributed by atoms with Crippen molar-refractivity contribution in [3.05, 3.63) is 30.2 Å². The lowest BCUT2D eigenvalue weighted by molar-refractivity contribution is -0.129. The van der Waals surface area contributed by atoms with Crippen molar-refractivity contribution >= 4 is 41.0 Å². The number of carbonyl (C=O) groups is 3. The smallest absolute Gasteiger partial charge is 0.349 e. The molecule has 0 radical (unpaired) electrons. The number of urea groups is 1. The molecule has 0 saturated carbocycles. The fraction of sp³-hybridized carbons (Fsp3) is 0.368. The number of aromatic nitrogens is 2. The van der Waals surface area contributed by atoms with Crippen LogP contribution in [-0.4, -0.2) is 58.1 Å². The SMILES string of the molecule is CCOc1ccc(NC(=O)CSc2nnc(CC3C(=O)N(C)C(=O)N=C3C)o2)cc1. The zero-order valence-corrected chi connectivity index (χ0v) is 17.6. The molecular weight excluding hydrogens is 410 g/mol. The molecule has 11 heteroatoms. The number of aliphatic imine (C=N–C) groups is 1. The predicted octanol–water partition coefficient (Wildman–Crippen LogP) is 2.41. The first-order chi connectivity index (χ1) is 14.4. The Balaban J connectivity index is 1.52. The summed E-state index contributed by atoms with van der Waals surface area (Å²) in [6.45, 7) is 4.09. The van der Waals surface area contributed by atoms with Crippen LogP contribution in [0.3, 0.4) is 0 Å². The van der Waals surface area contributed by atoms with Crippen molar-refractivity contribution in [1.82, 2.24) is 15.1 Å². The molecule has 1 aromatic heterocycles. The van der Waals surface area contributed by atoms with Gasteiger partial charge < -0.3 is 14.5 Å². The third-order valence-corrected chi connectivity index (χ3v) is 5.11. The summed E-state index contributed by atoms with van der Waals surface area (Å²) in [6.07, 6.45) is 0.137. The monoisotopic (exact) mass is 431 g/mol. The number of hydrogen-bond acceptors (Lipinski definition) is 8. The van der Waals surface area contributed by atoms with E-state index in [4.69, 9.17) is 9.15 Å². The minimum absolute atomic E-state index is 0.0783. The van der Waals surface area contributed by atoms with Crippen LogP contribution in [0.4, 0.5) is 10.5 Å². The second-order valence-electron chi connectivity index (χ2n) is 6.45. The summed E-state index contributed by atoms with van der Waals surface area (Å²) >= 11 is 1.09. The first kappa shape index (κ1) is 21.5. The molecule has 3 rings (SSSR count). The van der Waals surface area contributed by atoms with E-state index in [1.54, 1.807) is 31.2 Å². The van der Waals surface area contributed by atoms with E-state index in [2.05, 4.69) is 20.5 Å². The number of carbonyl (C=O) groups excluding carboxylic acids is 3. The van der Waals surface area contributed by atoms with Crippen LogP contribution in [0.1, 0.15) is 19.7 Å². The van der Waals surface area contributed by atoms with E-state index in [0.717, 1.165) is 22.4 Å². The van der Waals surface area contributed by atoms with Gasteiger partial charge >= 0.3 is 6.03 Å². The van der Waals surface area contributed by atoms with E-state index in [-0.39, 0.29) is 35.1 Å². The van der Waals surface area contributed by atoms with E-state index in [9.17, 15) is 14.4 Å². The average molecular weight is 431 g/mol. The van der Waals surface area contributed by atoms with E-state index >= 15 is 0 Å². The molecule has 2 heterocycles. The largest absolute Gasteiger partial charge is 0.494 e. The zero-order valence-electron chi connectivity index (χ0n) is 16.7. The number of hydrogen-bond donors (Lipinski definition) is 1. The van der Waals surface area contributed by atoms with Gasteiger partial charge in [-0.3, -0.25) is 14.5 Å². The fourth-order valence-electron chi connectivity index (χ4n) is 2.72. The third-order valence-electron chi connectivity index (χ3n) is 4.29. The van der Waals surface area contributed by atoms with Crippen LogP contribution in [0.15, 0.2) is 38.9 Å². The molecule has 1 unspecified atom stereocenters. The highest BCUT2D eigenvalue weighted by Crippen LogP contribution is 2.22. The van der Waals surface area contributed by atoms with Crippen LogP contribution in [0.2, 0.25) is 0 Å². The maximum Gasteiger partial charge on any atom is 0.349 e. The summed E-state index contributed by atoms with van der Waals surface area (Å²) in [5.74, 6) is -0.178. The van der Waals surface area contributed by atoms with Gasteiger partial charge in [-0.15, -0.1) is 10.2 Å². The number of thioether (sulfide) groups is 1. The van der Waals surface area contributed by atoms with Crippen LogP contribution in [-0.2, 0) is 16.0 Å². The number of nitrogens with zero attached hydrogens (tertiary/aromatic N) is 4. The predicted molar refractivity (Wildman–Crippen MR) is 110 cm³/mol. The van der Waals surface area contributed by atoms with Gasteiger partial charge in [-0.2, -0.15) is 0 Å². The second-order valence-corrected chi connectivity index (χ2v) is 7.37. The maximum absolute atomic E-state index is 12.3. The Hall–Kier alpha value is -3.21. The summed E-state index contributed by atoms with van der Waals surface area (Å²) in [5, 5.41) is 10.8. The van der Waals surface area contributed by atoms with Gasteiger partial charge in [0.25, 0.3) is 5.22 Å². The van der Waals surface area contributed by atoms with E-state index in [1.807, 2.05) is 6.92 Å². The Morgan fingerprint density at radius 1 is 1.27 bits per heavy atom. The Morgan fingerprint density at radius 2 is 2.00 bits per heavy atom. The molecule has 4 amide bonds. The normalized spacial score (nSPS) is 16.4.